The summed E-state index contributed by atoms with van der Waals surface area (Å²) < 4.78 is 2.42. The predicted molar refractivity (Wildman–Crippen MR) is 83.8 cm³/mol. The number of rotatable bonds is 2. The lowest BCUT2D eigenvalue weighted by molar-refractivity contribution is 0.389. The molecule has 108 valence electrons. The Morgan fingerprint density at radius 2 is 2.00 bits per heavy atom. The summed E-state index contributed by atoms with van der Waals surface area (Å²) >= 11 is 0. The van der Waals surface area contributed by atoms with Crippen LogP contribution in [0.25, 0.3) is 11.0 Å². The van der Waals surface area contributed by atoms with Crippen LogP contribution in [0.15, 0.2) is 18.2 Å². The van der Waals surface area contributed by atoms with Crippen molar-refractivity contribution >= 4 is 11.0 Å². The quantitative estimate of drug-likeness (QED) is 0.903. The summed E-state index contributed by atoms with van der Waals surface area (Å²) in [5, 5.41) is 0. The molecule has 1 saturated carbocycles. The van der Waals surface area contributed by atoms with Crippen LogP contribution in [0.4, 0.5) is 0 Å². The molecule has 1 aromatic carbocycles. The van der Waals surface area contributed by atoms with E-state index in [0.717, 1.165) is 11.1 Å². The summed E-state index contributed by atoms with van der Waals surface area (Å²) in [6.45, 7) is 12.0. The number of hydrogen-bond acceptors (Lipinski definition) is 2. The highest BCUT2D eigenvalue weighted by Gasteiger charge is 2.50. The van der Waals surface area contributed by atoms with Crippen molar-refractivity contribution in [1.82, 2.24) is 9.55 Å². The third-order valence-corrected chi connectivity index (χ3v) is 4.48. The molecule has 1 aromatic heterocycles. The Labute approximate surface area is 121 Å². The van der Waals surface area contributed by atoms with E-state index in [1.165, 1.54) is 17.8 Å². The summed E-state index contributed by atoms with van der Waals surface area (Å²) in [4.78, 5) is 4.95. The maximum absolute atomic E-state index is 5.75. The van der Waals surface area contributed by atoms with Crippen molar-refractivity contribution in [3.8, 4) is 0 Å². The molecule has 20 heavy (non-hydrogen) atoms. The van der Waals surface area contributed by atoms with E-state index in [-0.39, 0.29) is 5.54 Å². The molecule has 0 bridgehead atoms. The minimum Gasteiger partial charge on any atom is -0.326 e. The van der Waals surface area contributed by atoms with E-state index in [1.807, 2.05) is 0 Å². The number of imidazole rings is 1. The average Bonchev–Trinajstić information content (AvgIpc) is 2.83. The Morgan fingerprint density at radius 1 is 1.35 bits per heavy atom. The third kappa shape index (κ3) is 2.05. The molecule has 1 aliphatic carbocycles. The van der Waals surface area contributed by atoms with Gasteiger partial charge in [-0.2, -0.15) is 0 Å². The van der Waals surface area contributed by atoms with E-state index < -0.39 is 0 Å². The molecule has 1 fully saturated rings. The number of hydrogen-bond donors (Lipinski definition) is 1. The van der Waals surface area contributed by atoms with Crippen LogP contribution in [-0.4, -0.2) is 9.55 Å². The highest BCUT2D eigenvalue weighted by atomic mass is 15.1. The first-order valence-electron chi connectivity index (χ1n) is 7.46. The van der Waals surface area contributed by atoms with E-state index in [1.54, 1.807) is 0 Å². The van der Waals surface area contributed by atoms with Gasteiger partial charge in [-0.25, -0.2) is 4.98 Å². The van der Waals surface area contributed by atoms with E-state index in [0.29, 0.717) is 17.9 Å². The molecule has 2 N–H and O–H groups in total. The first-order chi connectivity index (χ1) is 9.24. The predicted octanol–water partition coefficient (Wildman–Crippen LogP) is 3.76. The van der Waals surface area contributed by atoms with Gasteiger partial charge in [-0.1, -0.05) is 19.9 Å². The molecular formula is C17H25N3. The molecule has 1 heterocycles. The first kappa shape index (κ1) is 13.6. The van der Waals surface area contributed by atoms with Crippen LogP contribution in [0.2, 0.25) is 0 Å². The molecule has 3 nitrogen and oxygen atoms in total. The second kappa shape index (κ2) is 4.08. The topological polar surface area (TPSA) is 43.8 Å². The minimum atomic E-state index is 0.0486. The minimum absolute atomic E-state index is 0.0486. The number of aromatic nitrogens is 2. The van der Waals surface area contributed by atoms with Crippen LogP contribution in [0, 0.1) is 5.41 Å². The van der Waals surface area contributed by atoms with Crippen LogP contribution >= 0.6 is 0 Å². The lowest BCUT2D eigenvalue weighted by atomic mass is 10.1. The Hall–Kier alpha value is -1.35. The SMILES string of the molecule is CC1(C)CC1c1nc2cc(CN)ccc2n1C(C)(C)C. The van der Waals surface area contributed by atoms with Crippen LogP contribution in [0.5, 0.6) is 0 Å². The maximum Gasteiger partial charge on any atom is 0.114 e. The fraction of sp³-hybridized carbons (Fsp3) is 0.588. The van der Waals surface area contributed by atoms with E-state index in [4.69, 9.17) is 10.7 Å². The molecule has 0 amide bonds. The molecule has 1 aliphatic rings. The van der Waals surface area contributed by atoms with Gasteiger partial charge in [0.1, 0.15) is 5.82 Å². The molecule has 0 spiro atoms. The zero-order valence-corrected chi connectivity index (χ0v) is 13.2. The Morgan fingerprint density at radius 3 is 2.50 bits per heavy atom. The monoisotopic (exact) mass is 271 g/mol. The smallest absolute Gasteiger partial charge is 0.114 e. The van der Waals surface area contributed by atoms with E-state index in [2.05, 4.69) is 57.4 Å². The standard InChI is InChI=1S/C17H25N3/c1-16(2,3)20-14-7-6-11(10-18)8-13(14)19-15(20)12-9-17(12,4)5/h6-8,12H,9-10,18H2,1-5H3. The van der Waals surface area contributed by atoms with Gasteiger partial charge in [0, 0.05) is 18.0 Å². The van der Waals surface area contributed by atoms with Crippen LogP contribution < -0.4 is 5.73 Å². The van der Waals surface area contributed by atoms with Crippen molar-refractivity contribution in [3.63, 3.8) is 0 Å². The Bertz CT molecular complexity index is 659. The molecular weight excluding hydrogens is 246 g/mol. The van der Waals surface area contributed by atoms with Crippen molar-refractivity contribution < 1.29 is 0 Å². The van der Waals surface area contributed by atoms with Gasteiger partial charge in [0.05, 0.1) is 11.0 Å². The van der Waals surface area contributed by atoms with Gasteiger partial charge in [-0.3, -0.25) is 0 Å². The summed E-state index contributed by atoms with van der Waals surface area (Å²) in [5.74, 6) is 1.82. The number of benzene rings is 1. The lowest BCUT2D eigenvalue weighted by Gasteiger charge is -2.25. The first-order valence-corrected chi connectivity index (χ1v) is 7.46. The largest absolute Gasteiger partial charge is 0.326 e. The normalized spacial score (nSPS) is 21.4. The fourth-order valence-corrected chi connectivity index (χ4v) is 3.12. The number of fused-ring (bicyclic) bond motifs is 1. The van der Waals surface area contributed by atoms with Crippen molar-refractivity contribution in [2.75, 3.05) is 0 Å². The summed E-state index contributed by atoms with van der Waals surface area (Å²) in [7, 11) is 0. The Kier molecular flexibility index (Phi) is 2.78. The van der Waals surface area contributed by atoms with Gasteiger partial charge in [-0.05, 0) is 50.3 Å². The van der Waals surface area contributed by atoms with Gasteiger partial charge in [-0.15, -0.1) is 0 Å². The third-order valence-electron chi connectivity index (χ3n) is 4.48. The summed E-state index contributed by atoms with van der Waals surface area (Å²) in [6, 6.07) is 6.43. The molecule has 0 aliphatic heterocycles. The summed E-state index contributed by atoms with van der Waals surface area (Å²) in [5.41, 5.74) is 9.65. The van der Waals surface area contributed by atoms with Crippen molar-refractivity contribution in [3.05, 3.63) is 29.6 Å². The molecule has 0 saturated heterocycles. The van der Waals surface area contributed by atoms with Crippen molar-refractivity contribution in [2.45, 2.75) is 59.0 Å². The molecule has 1 unspecified atom stereocenters. The van der Waals surface area contributed by atoms with Crippen molar-refractivity contribution in [1.29, 1.82) is 0 Å². The maximum atomic E-state index is 5.75. The zero-order chi connectivity index (χ0) is 14.7. The van der Waals surface area contributed by atoms with Gasteiger partial charge in [0.2, 0.25) is 0 Å². The van der Waals surface area contributed by atoms with Crippen LogP contribution in [-0.2, 0) is 12.1 Å². The second-order valence-corrected chi connectivity index (χ2v) is 7.75. The van der Waals surface area contributed by atoms with Crippen LogP contribution in [0.1, 0.15) is 58.3 Å². The lowest BCUT2D eigenvalue weighted by Crippen LogP contribution is -2.24. The van der Waals surface area contributed by atoms with E-state index in [9.17, 15) is 0 Å². The number of nitrogens with zero attached hydrogens (tertiary/aromatic N) is 2. The molecule has 3 rings (SSSR count). The van der Waals surface area contributed by atoms with E-state index >= 15 is 0 Å². The summed E-state index contributed by atoms with van der Waals surface area (Å²) in [6.07, 6.45) is 1.23. The van der Waals surface area contributed by atoms with Crippen molar-refractivity contribution in [2.24, 2.45) is 11.1 Å². The molecule has 0 radical (unpaired) electrons. The molecule has 3 heteroatoms. The molecule has 2 aromatic rings. The average molecular weight is 271 g/mol. The van der Waals surface area contributed by atoms with Gasteiger partial charge < -0.3 is 10.3 Å². The highest BCUT2D eigenvalue weighted by molar-refractivity contribution is 5.77. The second-order valence-electron chi connectivity index (χ2n) is 7.75. The van der Waals surface area contributed by atoms with Gasteiger partial charge in [0.15, 0.2) is 0 Å². The van der Waals surface area contributed by atoms with Gasteiger partial charge in [0.25, 0.3) is 0 Å². The highest BCUT2D eigenvalue weighted by Crippen LogP contribution is 2.59. The fourth-order valence-electron chi connectivity index (χ4n) is 3.12. The van der Waals surface area contributed by atoms with Gasteiger partial charge >= 0.3 is 0 Å². The molecule has 1 atom stereocenters. The zero-order valence-electron chi connectivity index (χ0n) is 13.2. The number of nitrogens with two attached hydrogens (primary N) is 1. The Balaban J connectivity index is 2.23. The van der Waals surface area contributed by atoms with Crippen LogP contribution in [0.3, 0.4) is 0 Å².